The quantitative estimate of drug-likeness (QED) is 0.0324. The Labute approximate surface area is 556 Å². The zero-order valence-electron chi connectivity index (χ0n) is 60.3. The Morgan fingerprint density at radius 1 is 0.178 bits per heavy atom. The second kappa shape index (κ2) is 55.9. The van der Waals surface area contributed by atoms with Crippen LogP contribution in [0, 0.1) is 0 Å². The van der Waals surface area contributed by atoms with Crippen molar-refractivity contribution in [1.82, 2.24) is 0 Å². The summed E-state index contributed by atoms with van der Waals surface area (Å²) >= 11 is 0. The van der Waals surface area contributed by atoms with Gasteiger partial charge in [0.05, 0.1) is 39.6 Å². The highest BCUT2D eigenvalue weighted by atomic mass is 16.6. The Hall–Kier alpha value is -3.54. The van der Waals surface area contributed by atoms with E-state index in [0.717, 1.165) is 132 Å². The van der Waals surface area contributed by atoms with Gasteiger partial charge in [-0.15, -0.1) is 0 Å². The lowest BCUT2D eigenvalue weighted by atomic mass is 9.91. The van der Waals surface area contributed by atoms with Crippen LogP contribution in [0.2, 0.25) is 0 Å². The van der Waals surface area contributed by atoms with E-state index < -0.39 is 0 Å². The van der Waals surface area contributed by atoms with Gasteiger partial charge in [-0.2, -0.15) is 0 Å². The van der Waals surface area contributed by atoms with Gasteiger partial charge in [-0.3, -0.25) is 0 Å². The van der Waals surface area contributed by atoms with Crippen molar-refractivity contribution in [3.8, 4) is 34.5 Å². The van der Waals surface area contributed by atoms with Crippen LogP contribution in [0.1, 0.15) is 388 Å². The molecule has 0 aliphatic carbocycles. The van der Waals surface area contributed by atoms with E-state index in [-0.39, 0.29) is 0 Å². The summed E-state index contributed by atoms with van der Waals surface area (Å²) in [6.45, 7) is 17.6. The summed E-state index contributed by atoms with van der Waals surface area (Å²) < 4.78 is 44.1. The van der Waals surface area contributed by atoms with Gasteiger partial charge >= 0.3 is 0 Å². The van der Waals surface area contributed by atoms with Crippen molar-refractivity contribution in [1.29, 1.82) is 0 Å². The zero-order chi connectivity index (χ0) is 63.8. The predicted octanol–water partition coefficient (Wildman–Crippen LogP) is 28.6. The first-order valence-corrected chi connectivity index (χ1v) is 39.9. The summed E-state index contributed by atoms with van der Waals surface area (Å²) in [5, 5.41) is 6.62. The molecule has 0 heterocycles. The molecule has 0 unspecified atom stereocenters. The van der Waals surface area contributed by atoms with Gasteiger partial charge < -0.3 is 28.4 Å². The van der Waals surface area contributed by atoms with Crippen molar-refractivity contribution in [2.45, 2.75) is 388 Å². The molecule has 0 aliphatic heterocycles. The minimum absolute atomic E-state index is 0.600. The van der Waals surface area contributed by atoms with Gasteiger partial charge in [0.25, 0.3) is 0 Å². The smallest absolute Gasteiger partial charge is 0.208 e. The maximum atomic E-state index is 7.52. The highest BCUT2D eigenvalue weighted by molar-refractivity contribution is 6.31. The minimum Gasteiger partial charge on any atom is -0.490 e. The predicted molar refractivity (Wildman–Crippen MR) is 395 cm³/mol. The fourth-order valence-electron chi connectivity index (χ4n) is 13.5. The molecule has 0 atom stereocenters. The summed E-state index contributed by atoms with van der Waals surface area (Å²) in [4.78, 5) is 0. The Kier molecular flexibility index (Phi) is 49.0. The summed E-state index contributed by atoms with van der Waals surface area (Å²) in [7, 11) is 0. The topological polar surface area (TPSA) is 55.4 Å². The Bertz CT molecular complexity index is 2270. The van der Waals surface area contributed by atoms with Crippen LogP contribution in [0.4, 0.5) is 0 Å². The molecule has 4 aromatic rings. The molecule has 0 spiro atoms. The van der Waals surface area contributed by atoms with E-state index in [1.807, 2.05) is 0 Å². The molecule has 516 valence electrons. The van der Waals surface area contributed by atoms with Gasteiger partial charge in [0, 0.05) is 16.2 Å². The lowest BCUT2D eigenvalue weighted by molar-refractivity contribution is 0.222. The van der Waals surface area contributed by atoms with Crippen LogP contribution in [0.5, 0.6) is 34.5 Å². The van der Waals surface area contributed by atoms with Crippen molar-refractivity contribution < 1.29 is 28.4 Å². The fraction of sp³-hybridized carbons (Fsp3) is 0.786. The Morgan fingerprint density at radius 2 is 0.389 bits per heavy atom. The largest absolute Gasteiger partial charge is 0.490 e. The monoisotopic (exact) mass is 1250 g/mol. The van der Waals surface area contributed by atoms with Crippen molar-refractivity contribution in [2.24, 2.45) is 0 Å². The van der Waals surface area contributed by atoms with Crippen LogP contribution < -0.4 is 28.4 Å². The van der Waals surface area contributed by atoms with E-state index in [0.29, 0.717) is 39.6 Å². The van der Waals surface area contributed by atoms with E-state index >= 15 is 0 Å². The molecule has 0 fully saturated rings. The molecule has 0 saturated heterocycles. The van der Waals surface area contributed by atoms with Crippen LogP contribution in [0.15, 0.2) is 36.4 Å². The molecule has 0 bridgehead atoms. The Balaban J connectivity index is 1.92. The molecule has 90 heavy (non-hydrogen) atoms. The maximum Gasteiger partial charge on any atom is 0.208 e. The van der Waals surface area contributed by atoms with Gasteiger partial charge in [-0.1, -0.05) is 374 Å². The average Bonchev–Trinajstić information content (AvgIpc) is 0.720. The standard InChI is InChI=1S/C84H144O6/c1-7-13-19-25-31-37-43-49-57-67-85-76-66-65-75-73-63-55-56-64-74(73)78-79(77(75)80(76)86-68-58-50-44-38-32-26-20-14-8-2)82(88-70-60-52-46-40-34-28-22-16-10-4)84(90-72-62-54-48-42-36-30-24-18-12-6)83(89-71-61-53-47-41-35-29-23-17-11-5)81(78)87-69-59-51-45-39-33-27-21-15-9-3/h55-56,63-66H,7-54,57-62,67-72H2,1-6H3. The number of rotatable bonds is 66. The van der Waals surface area contributed by atoms with Crippen molar-refractivity contribution in [2.75, 3.05) is 39.6 Å². The number of unbranched alkanes of at least 4 members (excludes halogenated alkanes) is 48. The summed E-state index contributed by atoms with van der Waals surface area (Å²) in [5.74, 6) is 4.72. The SMILES string of the molecule is CCCCCCCCCCCOc1ccc2c3ccccc3c3c(OCCCCCCCCCCC)c(OCCCCCCCCCCC)c(OCCCCCCCCCCC)c(OCCCCCCCCCCC)c3c2c1OCCCCCCCCCCC. The number of ether oxygens (including phenoxy) is 6. The normalized spacial score (nSPS) is 11.7. The molecule has 0 radical (unpaired) electrons. The molecule has 0 saturated carbocycles. The van der Waals surface area contributed by atoms with Crippen LogP contribution in [-0.2, 0) is 0 Å². The highest BCUT2D eigenvalue weighted by Crippen LogP contribution is 2.58. The molecule has 6 nitrogen and oxygen atoms in total. The molecule has 4 rings (SSSR count). The van der Waals surface area contributed by atoms with Gasteiger partial charge in [-0.25, -0.2) is 0 Å². The summed E-state index contributed by atoms with van der Waals surface area (Å²) in [5.41, 5.74) is 0. The molecule has 0 aromatic heterocycles. The first kappa shape index (κ1) is 78.9. The number of fused-ring (bicyclic) bond motifs is 6. The summed E-state index contributed by atoms with van der Waals surface area (Å²) in [6, 6.07) is 13.6. The minimum atomic E-state index is 0.600. The summed E-state index contributed by atoms with van der Waals surface area (Å²) in [6.07, 6.45) is 68.4. The van der Waals surface area contributed by atoms with E-state index in [1.165, 1.54) is 281 Å². The van der Waals surface area contributed by atoms with E-state index in [4.69, 9.17) is 28.4 Å². The molecule has 0 aliphatic rings. The lowest BCUT2D eigenvalue weighted by Gasteiger charge is -2.26. The average molecular weight is 1250 g/mol. The first-order chi connectivity index (χ1) is 44.7. The maximum absolute atomic E-state index is 7.52. The molecule has 0 amide bonds. The Morgan fingerprint density at radius 3 is 0.689 bits per heavy atom. The molecule has 4 aromatic carbocycles. The van der Waals surface area contributed by atoms with Crippen LogP contribution in [-0.4, -0.2) is 39.6 Å². The van der Waals surface area contributed by atoms with Gasteiger partial charge in [0.1, 0.15) is 0 Å². The third kappa shape index (κ3) is 33.5. The third-order valence-electron chi connectivity index (χ3n) is 19.2. The molecule has 0 N–H and O–H groups in total. The van der Waals surface area contributed by atoms with Crippen LogP contribution in [0.25, 0.3) is 32.3 Å². The van der Waals surface area contributed by atoms with Crippen molar-refractivity contribution >= 4 is 32.3 Å². The second-order valence-corrected chi connectivity index (χ2v) is 27.5. The number of hydrogen-bond acceptors (Lipinski definition) is 6. The van der Waals surface area contributed by atoms with E-state index in [1.54, 1.807) is 0 Å². The van der Waals surface area contributed by atoms with E-state index in [2.05, 4.69) is 77.9 Å². The molecular formula is C84H144O6. The van der Waals surface area contributed by atoms with Crippen LogP contribution in [0.3, 0.4) is 0 Å². The van der Waals surface area contributed by atoms with Gasteiger partial charge in [0.15, 0.2) is 23.0 Å². The lowest BCUT2D eigenvalue weighted by Crippen LogP contribution is -2.10. The number of hydrogen-bond donors (Lipinski definition) is 0. The third-order valence-corrected chi connectivity index (χ3v) is 19.2. The van der Waals surface area contributed by atoms with E-state index in [9.17, 15) is 0 Å². The van der Waals surface area contributed by atoms with Crippen molar-refractivity contribution in [3.63, 3.8) is 0 Å². The number of benzene rings is 4. The second-order valence-electron chi connectivity index (χ2n) is 27.5. The first-order valence-electron chi connectivity index (χ1n) is 39.9. The van der Waals surface area contributed by atoms with Crippen LogP contribution >= 0.6 is 0 Å². The van der Waals surface area contributed by atoms with Gasteiger partial charge in [0.2, 0.25) is 11.5 Å². The fourth-order valence-corrected chi connectivity index (χ4v) is 13.5. The molecular weight excluding hydrogens is 1100 g/mol. The van der Waals surface area contributed by atoms with Crippen molar-refractivity contribution in [3.05, 3.63) is 36.4 Å². The van der Waals surface area contributed by atoms with Gasteiger partial charge in [-0.05, 0) is 66.8 Å². The zero-order valence-corrected chi connectivity index (χ0v) is 60.3. The highest BCUT2D eigenvalue weighted by Gasteiger charge is 2.31. The molecule has 6 heteroatoms.